The first kappa shape index (κ1) is 10.6. The van der Waals surface area contributed by atoms with Crippen molar-refractivity contribution in [3.05, 3.63) is 59.9 Å². The average molecular weight is 218 g/mol. The minimum absolute atomic E-state index is 0.134. The molecule has 3 heteroatoms. The second-order valence-electron chi connectivity index (χ2n) is 3.30. The number of halogens is 1. The first-order valence-corrected chi connectivity index (χ1v) is 4.92. The van der Waals surface area contributed by atoms with E-state index in [-0.39, 0.29) is 12.4 Å². The SMILES string of the molecule is OCc1ccccc1Oc1ccccc1F. The summed E-state index contributed by atoms with van der Waals surface area (Å²) in [4.78, 5) is 0. The van der Waals surface area contributed by atoms with Crippen LogP contribution in [0.2, 0.25) is 0 Å². The van der Waals surface area contributed by atoms with Gasteiger partial charge in [-0.2, -0.15) is 0 Å². The molecule has 0 amide bonds. The van der Waals surface area contributed by atoms with Crippen LogP contribution in [0.4, 0.5) is 4.39 Å². The van der Waals surface area contributed by atoms with E-state index in [9.17, 15) is 4.39 Å². The maximum absolute atomic E-state index is 13.3. The summed E-state index contributed by atoms with van der Waals surface area (Å²) in [5.74, 6) is 0.203. The lowest BCUT2D eigenvalue weighted by molar-refractivity contribution is 0.276. The summed E-state index contributed by atoms with van der Waals surface area (Å²) in [7, 11) is 0. The Bertz CT molecular complexity index is 483. The molecule has 0 saturated carbocycles. The smallest absolute Gasteiger partial charge is 0.165 e. The quantitative estimate of drug-likeness (QED) is 0.857. The van der Waals surface area contributed by atoms with Crippen LogP contribution in [0, 0.1) is 5.82 Å². The molecule has 0 saturated heterocycles. The summed E-state index contributed by atoms with van der Waals surface area (Å²) in [6.45, 7) is -0.134. The van der Waals surface area contributed by atoms with Gasteiger partial charge in [0.25, 0.3) is 0 Å². The summed E-state index contributed by atoms with van der Waals surface area (Å²) in [5, 5.41) is 9.09. The van der Waals surface area contributed by atoms with E-state index in [4.69, 9.17) is 9.84 Å². The van der Waals surface area contributed by atoms with E-state index in [2.05, 4.69) is 0 Å². The van der Waals surface area contributed by atoms with Crippen LogP contribution in [0.1, 0.15) is 5.56 Å². The van der Waals surface area contributed by atoms with Crippen molar-refractivity contribution < 1.29 is 14.2 Å². The van der Waals surface area contributed by atoms with Gasteiger partial charge in [-0.15, -0.1) is 0 Å². The van der Waals surface area contributed by atoms with Gasteiger partial charge < -0.3 is 9.84 Å². The van der Waals surface area contributed by atoms with Gasteiger partial charge in [0.1, 0.15) is 5.75 Å². The van der Waals surface area contributed by atoms with Crippen molar-refractivity contribution in [1.82, 2.24) is 0 Å². The van der Waals surface area contributed by atoms with E-state index in [1.54, 1.807) is 42.5 Å². The topological polar surface area (TPSA) is 29.5 Å². The zero-order chi connectivity index (χ0) is 11.4. The Labute approximate surface area is 92.9 Å². The highest BCUT2D eigenvalue weighted by Gasteiger charge is 2.06. The second kappa shape index (κ2) is 4.77. The number of ether oxygens (including phenoxy) is 1. The van der Waals surface area contributed by atoms with E-state index < -0.39 is 5.82 Å². The predicted octanol–water partition coefficient (Wildman–Crippen LogP) is 3.11. The first-order chi connectivity index (χ1) is 7.81. The van der Waals surface area contributed by atoms with Crippen LogP contribution in [0.3, 0.4) is 0 Å². The van der Waals surface area contributed by atoms with Crippen LogP contribution >= 0.6 is 0 Å². The van der Waals surface area contributed by atoms with Gasteiger partial charge in [0.2, 0.25) is 0 Å². The number of para-hydroxylation sites is 2. The normalized spacial score (nSPS) is 10.1. The van der Waals surface area contributed by atoms with Gasteiger partial charge in [-0.3, -0.25) is 0 Å². The highest BCUT2D eigenvalue weighted by Crippen LogP contribution is 2.26. The predicted molar refractivity (Wildman–Crippen MR) is 58.8 cm³/mol. The second-order valence-corrected chi connectivity index (χ2v) is 3.30. The molecule has 2 aromatic carbocycles. The van der Waals surface area contributed by atoms with Crippen molar-refractivity contribution >= 4 is 0 Å². The number of hydrogen-bond acceptors (Lipinski definition) is 2. The molecule has 2 aromatic rings. The van der Waals surface area contributed by atoms with E-state index in [0.717, 1.165) is 0 Å². The number of aliphatic hydroxyl groups is 1. The molecule has 82 valence electrons. The Morgan fingerprint density at radius 1 is 0.938 bits per heavy atom. The Kier molecular flexibility index (Phi) is 3.17. The molecule has 0 atom stereocenters. The Morgan fingerprint density at radius 2 is 1.56 bits per heavy atom. The Hall–Kier alpha value is -1.87. The summed E-state index contributed by atoms with van der Waals surface area (Å²) >= 11 is 0. The molecule has 0 bridgehead atoms. The van der Waals surface area contributed by atoms with Gasteiger partial charge >= 0.3 is 0 Å². The molecule has 0 unspecified atom stereocenters. The monoisotopic (exact) mass is 218 g/mol. The third kappa shape index (κ3) is 2.20. The number of aliphatic hydroxyl groups excluding tert-OH is 1. The lowest BCUT2D eigenvalue weighted by Crippen LogP contribution is -1.92. The van der Waals surface area contributed by atoms with Gasteiger partial charge in [-0.05, 0) is 18.2 Å². The van der Waals surface area contributed by atoms with E-state index in [1.165, 1.54) is 6.07 Å². The third-order valence-electron chi connectivity index (χ3n) is 2.20. The zero-order valence-electron chi connectivity index (χ0n) is 8.56. The molecule has 0 aromatic heterocycles. The Morgan fingerprint density at radius 3 is 2.25 bits per heavy atom. The highest BCUT2D eigenvalue weighted by atomic mass is 19.1. The minimum atomic E-state index is -0.421. The van der Waals surface area contributed by atoms with Gasteiger partial charge in [0.15, 0.2) is 11.6 Å². The number of benzene rings is 2. The van der Waals surface area contributed by atoms with Gasteiger partial charge in [0.05, 0.1) is 6.61 Å². The highest BCUT2D eigenvalue weighted by molar-refractivity contribution is 5.37. The molecular formula is C13H11FO2. The van der Waals surface area contributed by atoms with Crippen LogP contribution in [-0.4, -0.2) is 5.11 Å². The maximum Gasteiger partial charge on any atom is 0.165 e. The van der Waals surface area contributed by atoms with Crippen LogP contribution in [-0.2, 0) is 6.61 Å². The van der Waals surface area contributed by atoms with Crippen molar-refractivity contribution in [1.29, 1.82) is 0 Å². The molecule has 0 radical (unpaired) electrons. The summed E-state index contributed by atoms with van der Waals surface area (Å²) < 4.78 is 18.7. The van der Waals surface area contributed by atoms with Gasteiger partial charge in [0, 0.05) is 5.56 Å². The zero-order valence-corrected chi connectivity index (χ0v) is 8.56. The molecule has 16 heavy (non-hydrogen) atoms. The van der Waals surface area contributed by atoms with Gasteiger partial charge in [-0.25, -0.2) is 4.39 Å². The van der Waals surface area contributed by atoms with Crippen molar-refractivity contribution in [3.8, 4) is 11.5 Å². The van der Waals surface area contributed by atoms with Crippen LogP contribution in [0.25, 0.3) is 0 Å². The molecule has 0 spiro atoms. The fourth-order valence-electron chi connectivity index (χ4n) is 1.38. The molecule has 2 nitrogen and oxygen atoms in total. The van der Waals surface area contributed by atoms with E-state index in [0.29, 0.717) is 11.3 Å². The maximum atomic E-state index is 13.3. The van der Waals surface area contributed by atoms with Crippen molar-refractivity contribution in [2.24, 2.45) is 0 Å². The third-order valence-corrected chi connectivity index (χ3v) is 2.20. The molecule has 0 fully saturated rings. The molecule has 1 N–H and O–H groups in total. The summed E-state index contributed by atoms with van der Waals surface area (Å²) in [6.07, 6.45) is 0. The summed E-state index contributed by atoms with van der Waals surface area (Å²) in [5.41, 5.74) is 0.630. The summed E-state index contributed by atoms with van der Waals surface area (Å²) in [6, 6.07) is 13.2. The molecule has 0 aliphatic rings. The van der Waals surface area contributed by atoms with E-state index in [1.807, 2.05) is 0 Å². The molecule has 2 rings (SSSR count). The molecule has 0 heterocycles. The van der Waals surface area contributed by atoms with E-state index >= 15 is 0 Å². The van der Waals surface area contributed by atoms with Crippen molar-refractivity contribution in [2.75, 3.05) is 0 Å². The van der Waals surface area contributed by atoms with Crippen molar-refractivity contribution in [2.45, 2.75) is 6.61 Å². The fourth-order valence-corrected chi connectivity index (χ4v) is 1.38. The lowest BCUT2D eigenvalue weighted by atomic mass is 10.2. The molecule has 0 aliphatic carbocycles. The van der Waals surface area contributed by atoms with Crippen molar-refractivity contribution in [3.63, 3.8) is 0 Å². The lowest BCUT2D eigenvalue weighted by Gasteiger charge is -2.09. The van der Waals surface area contributed by atoms with Crippen LogP contribution in [0.5, 0.6) is 11.5 Å². The average Bonchev–Trinajstić information content (AvgIpc) is 2.33. The molecule has 0 aliphatic heterocycles. The minimum Gasteiger partial charge on any atom is -0.454 e. The fraction of sp³-hybridized carbons (Fsp3) is 0.0769. The number of rotatable bonds is 3. The Balaban J connectivity index is 2.30. The molecular weight excluding hydrogens is 207 g/mol. The number of hydrogen-bond donors (Lipinski definition) is 1. The van der Waals surface area contributed by atoms with Crippen LogP contribution in [0.15, 0.2) is 48.5 Å². The largest absolute Gasteiger partial charge is 0.454 e. The van der Waals surface area contributed by atoms with Crippen LogP contribution < -0.4 is 4.74 Å². The first-order valence-electron chi connectivity index (χ1n) is 4.92. The van der Waals surface area contributed by atoms with Gasteiger partial charge in [-0.1, -0.05) is 30.3 Å². The standard InChI is InChI=1S/C13H11FO2/c14-11-6-2-4-8-13(11)16-12-7-3-1-5-10(12)9-15/h1-8,15H,9H2.